The molecule has 2 rings (SSSR count). The van der Waals surface area contributed by atoms with Crippen molar-refractivity contribution in [2.45, 2.75) is 12.5 Å². The third-order valence-corrected chi connectivity index (χ3v) is 3.50. The van der Waals surface area contributed by atoms with Gasteiger partial charge in [-0.2, -0.15) is 0 Å². The van der Waals surface area contributed by atoms with E-state index in [1.165, 1.54) is 5.69 Å². The maximum absolute atomic E-state index is 9.98. The lowest BCUT2D eigenvalue weighted by Gasteiger charge is -2.38. The van der Waals surface area contributed by atoms with Crippen LogP contribution in [0.3, 0.4) is 0 Å². The van der Waals surface area contributed by atoms with Crippen LogP contribution in [0.25, 0.3) is 0 Å². The van der Waals surface area contributed by atoms with Gasteiger partial charge in [0.25, 0.3) is 0 Å². The van der Waals surface area contributed by atoms with E-state index in [-0.39, 0.29) is 0 Å². The number of piperazine rings is 1. The van der Waals surface area contributed by atoms with Crippen LogP contribution in [0, 0.1) is 0 Å². The summed E-state index contributed by atoms with van der Waals surface area (Å²) in [5.74, 6) is 0. The standard InChI is InChI=1S/C14H23N3O/c1-14(18,11-15)12-16-7-9-17(10-8-16)13-5-3-2-4-6-13/h2-6,18H,7-12,15H2,1H3. The van der Waals surface area contributed by atoms with Gasteiger partial charge in [0.2, 0.25) is 0 Å². The topological polar surface area (TPSA) is 52.7 Å². The smallest absolute Gasteiger partial charge is 0.0867 e. The van der Waals surface area contributed by atoms with Crippen LogP contribution in [0.5, 0.6) is 0 Å². The van der Waals surface area contributed by atoms with Gasteiger partial charge < -0.3 is 15.7 Å². The summed E-state index contributed by atoms with van der Waals surface area (Å²) in [6, 6.07) is 10.5. The van der Waals surface area contributed by atoms with Gasteiger partial charge in [-0.1, -0.05) is 18.2 Å². The number of hydrogen-bond acceptors (Lipinski definition) is 4. The van der Waals surface area contributed by atoms with Crippen molar-refractivity contribution in [2.24, 2.45) is 5.73 Å². The molecule has 1 aromatic rings. The Kier molecular flexibility index (Phi) is 4.22. The Bertz CT molecular complexity index is 359. The number of benzene rings is 1. The van der Waals surface area contributed by atoms with E-state index in [4.69, 9.17) is 5.73 Å². The van der Waals surface area contributed by atoms with Gasteiger partial charge in [0.1, 0.15) is 0 Å². The van der Waals surface area contributed by atoms with Crippen LogP contribution in [-0.2, 0) is 0 Å². The van der Waals surface area contributed by atoms with Crippen molar-refractivity contribution >= 4 is 5.69 Å². The van der Waals surface area contributed by atoms with Gasteiger partial charge >= 0.3 is 0 Å². The minimum Gasteiger partial charge on any atom is -0.388 e. The molecule has 1 heterocycles. The average Bonchev–Trinajstić information content (AvgIpc) is 2.40. The second-order valence-electron chi connectivity index (χ2n) is 5.30. The molecule has 0 saturated carbocycles. The van der Waals surface area contributed by atoms with E-state index >= 15 is 0 Å². The van der Waals surface area contributed by atoms with Crippen LogP contribution >= 0.6 is 0 Å². The predicted molar refractivity (Wildman–Crippen MR) is 74.8 cm³/mol. The zero-order valence-corrected chi connectivity index (χ0v) is 11.0. The molecule has 0 bridgehead atoms. The zero-order chi connectivity index (χ0) is 13.0. The van der Waals surface area contributed by atoms with E-state index in [9.17, 15) is 5.11 Å². The molecule has 4 nitrogen and oxygen atoms in total. The Balaban J connectivity index is 1.85. The molecule has 1 fully saturated rings. The summed E-state index contributed by atoms with van der Waals surface area (Å²) in [6.45, 7) is 6.74. The van der Waals surface area contributed by atoms with E-state index in [0.717, 1.165) is 26.2 Å². The Morgan fingerprint density at radius 1 is 1.17 bits per heavy atom. The maximum atomic E-state index is 9.98. The highest BCUT2D eigenvalue weighted by Crippen LogP contribution is 2.16. The number of anilines is 1. The van der Waals surface area contributed by atoms with Crippen LogP contribution in [0.2, 0.25) is 0 Å². The summed E-state index contributed by atoms with van der Waals surface area (Å²) in [6.07, 6.45) is 0. The number of nitrogens with zero attached hydrogens (tertiary/aromatic N) is 2. The third kappa shape index (κ3) is 3.45. The van der Waals surface area contributed by atoms with Gasteiger partial charge in [0.05, 0.1) is 5.60 Å². The number of para-hydroxylation sites is 1. The lowest BCUT2D eigenvalue weighted by atomic mass is 10.1. The highest BCUT2D eigenvalue weighted by atomic mass is 16.3. The van der Waals surface area contributed by atoms with Crippen molar-refractivity contribution in [2.75, 3.05) is 44.2 Å². The zero-order valence-electron chi connectivity index (χ0n) is 11.0. The first-order chi connectivity index (χ1) is 8.61. The molecule has 0 aliphatic carbocycles. The SMILES string of the molecule is CC(O)(CN)CN1CCN(c2ccccc2)CC1. The van der Waals surface area contributed by atoms with Crippen molar-refractivity contribution in [3.8, 4) is 0 Å². The quantitative estimate of drug-likeness (QED) is 0.817. The second-order valence-corrected chi connectivity index (χ2v) is 5.30. The molecule has 1 aliphatic rings. The van der Waals surface area contributed by atoms with Gasteiger partial charge in [0.15, 0.2) is 0 Å². The summed E-state index contributed by atoms with van der Waals surface area (Å²) >= 11 is 0. The molecule has 1 aromatic carbocycles. The minimum atomic E-state index is -0.769. The summed E-state index contributed by atoms with van der Waals surface area (Å²) < 4.78 is 0. The number of β-amino-alcohol motifs (C(OH)–C–C–N with tert-alkyl or cyclic N) is 1. The molecule has 1 atom stereocenters. The van der Waals surface area contributed by atoms with Gasteiger partial charge in [-0.05, 0) is 19.1 Å². The van der Waals surface area contributed by atoms with E-state index in [0.29, 0.717) is 13.1 Å². The first-order valence-corrected chi connectivity index (χ1v) is 6.55. The highest BCUT2D eigenvalue weighted by Gasteiger charge is 2.25. The van der Waals surface area contributed by atoms with Crippen LogP contribution < -0.4 is 10.6 Å². The molecule has 0 aromatic heterocycles. The third-order valence-electron chi connectivity index (χ3n) is 3.50. The van der Waals surface area contributed by atoms with E-state index < -0.39 is 5.60 Å². The molecule has 4 heteroatoms. The first-order valence-electron chi connectivity index (χ1n) is 6.55. The van der Waals surface area contributed by atoms with Crippen LogP contribution in [0.4, 0.5) is 5.69 Å². The summed E-state index contributed by atoms with van der Waals surface area (Å²) in [4.78, 5) is 4.67. The molecule has 0 radical (unpaired) electrons. The van der Waals surface area contributed by atoms with Crippen molar-refractivity contribution in [1.29, 1.82) is 0 Å². The Morgan fingerprint density at radius 3 is 2.33 bits per heavy atom. The number of nitrogens with two attached hydrogens (primary N) is 1. The van der Waals surface area contributed by atoms with Crippen LogP contribution in [0.1, 0.15) is 6.92 Å². The number of hydrogen-bond donors (Lipinski definition) is 2. The van der Waals surface area contributed by atoms with Crippen LogP contribution in [-0.4, -0.2) is 54.9 Å². The number of rotatable bonds is 4. The molecule has 100 valence electrons. The average molecular weight is 249 g/mol. The fourth-order valence-corrected chi connectivity index (χ4v) is 2.35. The lowest BCUT2D eigenvalue weighted by molar-refractivity contribution is 0.0257. The summed E-state index contributed by atoms with van der Waals surface area (Å²) in [7, 11) is 0. The Labute approximate surface area is 109 Å². The molecule has 3 N–H and O–H groups in total. The van der Waals surface area contributed by atoms with Crippen molar-refractivity contribution < 1.29 is 5.11 Å². The summed E-state index contributed by atoms with van der Waals surface area (Å²) in [5, 5.41) is 9.98. The van der Waals surface area contributed by atoms with Gasteiger partial charge in [0, 0.05) is 45.0 Å². The molecular formula is C14H23N3O. The number of aliphatic hydroxyl groups is 1. The maximum Gasteiger partial charge on any atom is 0.0867 e. The molecule has 0 spiro atoms. The van der Waals surface area contributed by atoms with Crippen molar-refractivity contribution in [3.63, 3.8) is 0 Å². The fourth-order valence-electron chi connectivity index (χ4n) is 2.35. The monoisotopic (exact) mass is 249 g/mol. The molecule has 1 aliphatic heterocycles. The molecule has 0 amide bonds. The summed E-state index contributed by atoms with van der Waals surface area (Å²) in [5.41, 5.74) is 6.07. The molecule has 18 heavy (non-hydrogen) atoms. The van der Waals surface area contributed by atoms with Crippen molar-refractivity contribution in [1.82, 2.24) is 4.90 Å². The molecular weight excluding hydrogens is 226 g/mol. The van der Waals surface area contributed by atoms with Gasteiger partial charge in [-0.3, -0.25) is 4.90 Å². The predicted octanol–water partition coefficient (Wildman–Crippen LogP) is 0.518. The van der Waals surface area contributed by atoms with Crippen LogP contribution in [0.15, 0.2) is 30.3 Å². The minimum absolute atomic E-state index is 0.311. The molecule has 1 unspecified atom stereocenters. The van der Waals surface area contributed by atoms with Gasteiger partial charge in [-0.25, -0.2) is 0 Å². The van der Waals surface area contributed by atoms with E-state index in [1.807, 2.05) is 6.07 Å². The normalized spacial score (nSPS) is 20.7. The second kappa shape index (κ2) is 5.69. The Hall–Kier alpha value is -1.10. The molecule has 1 saturated heterocycles. The fraction of sp³-hybridized carbons (Fsp3) is 0.571. The van der Waals surface area contributed by atoms with Crippen molar-refractivity contribution in [3.05, 3.63) is 30.3 Å². The van der Waals surface area contributed by atoms with E-state index in [1.54, 1.807) is 6.92 Å². The Morgan fingerprint density at radius 2 is 1.78 bits per heavy atom. The highest BCUT2D eigenvalue weighted by molar-refractivity contribution is 5.46. The van der Waals surface area contributed by atoms with Gasteiger partial charge in [-0.15, -0.1) is 0 Å². The largest absolute Gasteiger partial charge is 0.388 e. The lowest BCUT2D eigenvalue weighted by Crippen LogP contribution is -2.53. The van der Waals surface area contributed by atoms with E-state index in [2.05, 4.69) is 34.1 Å². The first kappa shape index (κ1) is 13.3.